The molecule has 1 amide bonds. The van der Waals surface area contributed by atoms with Gasteiger partial charge in [0.2, 0.25) is 5.91 Å². The SMILES string of the molecule is CCCCCCCCCCCCCCCCCCC(CCCCCCCCCCCCCCCCCC)C(=O)N[C@@H](CSSCC(N)C(=O)OC)C(=O)OC. The molecule has 0 aromatic carbocycles. The van der Waals surface area contributed by atoms with Gasteiger partial charge >= 0.3 is 11.9 Å². The third kappa shape index (κ3) is 35.9. The molecule has 3 N–H and O–H groups in total. The first-order valence-corrected chi connectivity index (χ1v) is 25.9. The summed E-state index contributed by atoms with van der Waals surface area (Å²) in [4.78, 5) is 37.9. The molecule has 7 nitrogen and oxygen atoms in total. The van der Waals surface area contributed by atoms with Crippen LogP contribution in [0.15, 0.2) is 0 Å². The van der Waals surface area contributed by atoms with Crippen molar-refractivity contribution in [1.82, 2.24) is 5.32 Å². The lowest BCUT2D eigenvalue weighted by Gasteiger charge is -2.21. The van der Waals surface area contributed by atoms with Crippen LogP contribution in [0.2, 0.25) is 0 Å². The zero-order chi connectivity index (χ0) is 40.5. The number of carbonyl (C=O) groups excluding carboxylic acids is 3. The van der Waals surface area contributed by atoms with Crippen LogP contribution < -0.4 is 11.1 Å². The number of carbonyl (C=O) groups is 3. The Morgan fingerprint density at radius 3 is 1.05 bits per heavy atom. The predicted molar refractivity (Wildman–Crippen MR) is 241 cm³/mol. The van der Waals surface area contributed by atoms with Crippen LogP contribution in [0.25, 0.3) is 0 Å². The van der Waals surface area contributed by atoms with E-state index in [1.54, 1.807) is 0 Å². The Morgan fingerprint density at radius 1 is 0.455 bits per heavy atom. The predicted octanol–water partition coefficient (Wildman–Crippen LogP) is 13.4. The Labute approximate surface area is 348 Å². The first-order valence-electron chi connectivity index (χ1n) is 23.4. The lowest BCUT2D eigenvalue weighted by molar-refractivity contribution is -0.145. The largest absolute Gasteiger partial charge is 0.468 e. The second kappa shape index (κ2) is 42.7. The summed E-state index contributed by atoms with van der Waals surface area (Å²) in [5.74, 6) is -0.313. The van der Waals surface area contributed by atoms with Crippen LogP contribution in [0.4, 0.5) is 0 Å². The van der Waals surface area contributed by atoms with Crippen molar-refractivity contribution in [2.45, 2.75) is 244 Å². The monoisotopic (exact) mass is 815 g/mol. The number of unbranched alkanes of at least 4 members (excludes halogenated alkanes) is 30. The summed E-state index contributed by atoms with van der Waals surface area (Å²) in [7, 11) is 5.48. The van der Waals surface area contributed by atoms with Crippen molar-refractivity contribution in [3.8, 4) is 0 Å². The highest BCUT2D eigenvalue weighted by Gasteiger charge is 2.26. The van der Waals surface area contributed by atoms with E-state index in [0.717, 1.165) is 38.5 Å². The van der Waals surface area contributed by atoms with Gasteiger partial charge in [-0.25, -0.2) is 4.79 Å². The van der Waals surface area contributed by atoms with Crippen molar-refractivity contribution >= 4 is 39.4 Å². The third-order valence-corrected chi connectivity index (χ3v) is 13.5. The van der Waals surface area contributed by atoms with E-state index < -0.39 is 24.0 Å². The van der Waals surface area contributed by atoms with Crippen LogP contribution in [0.1, 0.15) is 232 Å². The molecule has 0 heterocycles. The first kappa shape index (κ1) is 54.1. The molecule has 0 bridgehead atoms. The number of esters is 2. The van der Waals surface area contributed by atoms with E-state index in [0.29, 0.717) is 11.5 Å². The lowest BCUT2D eigenvalue weighted by atomic mass is 9.93. The van der Waals surface area contributed by atoms with Crippen LogP contribution in [-0.2, 0) is 23.9 Å². The summed E-state index contributed by atoms with van der Waals surface area (Å²) in [5.41, 5.74) is 5.85. The minimum absolute atomic E-state index is 0.0332. The first-order chi connectivity index (χ1) is 26.9. The topological polar surface area (TPSA) is 108 Å². The number of nitrogens with two attached hydrogens (primary N) is 1. The van der Waals surface area contributed by atoms with Crippen LogP contribution in [0, 0.1) is 5.92 Å². The molecule has 0 saturated heterocycles. The molecule has 0 aliphatic heterocycles. The van der Waals surface area contributed by atoms with Gasteiger partial charge in [0.15, 0.2) is 0 Å². The molecule has 9 heteroatoms. The van der Waals surface area contributed by atoms with Crippen molar-refractivity contribution in [1.29, 1.82) is 0 Å². The summed E-state index contributed by atoms with van der Waals surface area (Å²) in [6.07, 6.45) is 44.4. The Morgan fingerprint density at radius 2 is 0.745 bits per heavy atom. The molecule has 0 fully saturated rings. The summed E-state index contributed by atoms with van der Waals surface area (Å²) in [6.45, 7) is 4.56. The second-order valence-corrected chi connectivity index (χ2v) is 18.7. The van der Waals surface area contributed by atoms with Gasteiger partial charge < -0.3 is 20.5 Å². The second-order valence-electron chi connectivity index (χ2n) is 16.2. The number of hydrogen-bond donors (Lipinski definition) is 2. The Hall–Kier alpha value is -0.930. The fraction of sp³-hybridized carbons (Fsp3) is 0.935. The number of amides is 1. The normalized spacial score (nSPS) is 12.5. The molecule has 0 aliphatic carbocycles. The molecule has 0 aromatic heterocycles. The fourth-order valence-corrected chi connectivity index (χ4v) is 9.60. The smallest absolute Gasteiger partial charge is 0.329 e. The van der Waals surface area contributed by atoms with E-state index in [1.165, 1.54) is 216 Å². The van der Waals surface area contributed by atoms with E-state index in [1.807, 2.05) is 0 Å². The molecule has 0 radical (unpaired) electrons. The van der Waals surface area contributed by atoms with E-state index in [2.05, 4.69) is 19.2 Å². The van der Waals surface area contributed by atoms with Crippen LogP contribution in [0.5, 0.6) is 0 Å². The van der Waals surface area contributed by atoms with Gasteiger partial charge in [-0.05, 0) is 12.8 Å². The molecule has 0 aromatic rings. The van der Waals surface area contributed by atoms with Gasteiger partial charge in [0.25, 0.3) is 0 Å². The van der Waals surface area contributed by atoms with Crippen LogP contribution >= 0.6 is 21.6 Å². The van der Waals surface area contributed by atoms with Gasteiger partial charge in [-0.15, -0.1) is 0 Å². The zero-order valence-corrected chi connectivity index (χ0v) is 38.3. The Balaban J connectivity index is 4.52. The molecule has 1 unspecified atom stereocenters. The Bertz CT molecular complexity index is 828. The molecule has 2 atom stereocenters. The molecule has 0 aliphatic rings. The highest BCUT2D eigenvalue weighted by molar-refractivity contribution is 8.76. The molecule has 0 saturated carbocycles. The van der Waals surface area contributed by atoms with E-state index in [-0.39, 0.29) is 11.8 Å². The van der Waals surface area contributed by atoms with Crippen molar-refractivity contribution in [2.75, 3.05) is 25.7 Å². The van der Waals surface area contributed by atoms with Gasteiger partial charge in [-0.3, -0.25) is 9.59 Å². The number of rotatable bonds is 43. The number of methoxy groups -OCH3 is 2. The Kier molecular flexibility index (Phi) is 41.9. The van der Waals surface area contributed by atoms with Crippen LogP contribution in [-0.4, -0.2) is 55.7 Å². The number of ether oxygens (including phenoxy) is 2. The standard InChI is InChI=1S/C46H90N2O5S2/c1-5-7-9-11-13-15-17-19-21-23-25-27-29-31-33-35-37-41(38-36-34-32-30-28-26-24-22-20-18-16-14-12-10-8-6-2)44(49)48-43(46(51)53-4)40-55-54-39-42(47)45(50)52-3/h41-43H,5-40,47H2,1-4H3,(H,48,49)/t42?,43-/m0/s1. The average Bonchev–Trinajstić information content (AvgIpc) is 3.19. The van der Waals surface area contributed by atoms with Crippen molar-refractivity contribution in [3.05, 3.63) is 0 Å². The highest BCUT2D eigenvalue weighted by atomic mass is 33.1. The maximum Gasteiger partial charge on any atom is 0.329 e. The van der Waals surface area contributed by atoms with Gasteiger partial charge in [-0.2, -0.15) is 0 Å². The summed E-state index contributed by atoms with van der Waals surface area (Å²) in [6, 6.07) is -1.46. The lowest BCUT2D eigenvalue weighted by Crippen LogP contribution is -2.45. The number of hydrogen-bond acceptors (Lipinski definition) is 8. The summed E-state index contributed by atoms with van der Waals surface area (Å²) >= 11 is 0. The van der Waals surface area contributed by atoms with Gasteiger partial charge in [-0.1, -0.05) is 241 Å². The van der Waals surface area contributed by atoms with E-state index >= 15 is 0 Å². The van der Waals surface area contributed by atoms with Gasteiger partial charge in [0.05, 0.1) is 14.2 Å². The van der Waals surface area contributed by atoms with E-state index in [9.17, 15) is 14.4 Å². The van der Waals surface area contributed by atoms with E-state index in [4.69, 9.17) is 15.2 Å². The molecule has 326 valence electrons. The van der Waals surface area contributed by atoms with Gasteiger partial charge in [0, 0.05) is 17.4 Å². The summed E-state index contributed by atoms with van der Waals surface area (Å²) in [5, 5.41) is 3.03. The molecular formula is C46H90N2O5S2. The van der Waals surface area contributed by atoms with Crippen molar-refractivity contribution < 1.29 is 23.9 Å². The quantitative estimate of drug-likeness (QED) is 0.0356. The minimum Gasteiger partial charge on any atom is -0.468 e. The summed E-state index contributed by atoms with van der Waals surface area (Å²) < 4.78 is 9.74. The average molecular weight is 815 g/mol. The molecular weight excluding hydrogens is 725 g/mol. The van der Waals surface area contributed by atoms with Gasteiger partial charge in [0.1, 0.15) is 12.1 Å². The maximum atomic E-state index is 13.6. The van der Waals surface area contributed by atoms with Crippen molar-refractivity contribution in [3.63, 3.8) is 0 Å². The maximum absolute atomic E-state index is 13.6. The third-order valence-electron chi connectivity index (χ3n) is 11.1. The highest BCUT2D eigenvalue weighted by Crippen LogP contribution is 2.25. The molecule has 55 heavy (non-hydrogen) atoms. The van der Waals surface area contributed by atoms with Crippen molar-refractivity contribution in [2.24, 2.45) is 11.7 Å². The number of nitrogens with one attached hydrogen (secondary N) is 1. The molecule has 0 rings (SSSR count). The minimum atomic E-state index is -0.733. The molecule has 0 spiro atoms. The fourth-order valence-electron chi connectivity index (χ4n) is 7.34. The zero-order valence-electron chi connectivity index (χ0n) is 36.6. The van der Waals surface area contributed by atoms with Crippen LogP contribution in [0.3, 0.4) is 0 Å².